The number of thiophene rings is 1. The molecular weight excluding hydrogens is 457 g/mol. The number of nitrogens with one attached hydrogen (secondary N) is 2. The van der Waals surface area contributed by atoms with Crippen LogP contribution in [0, 0.1) is 5.82 Å². The topological polar surface area (TPSA) is 86.8 Å². The largest absolute Gasteiger partial charge is 0.486 e. The summed E-state index contributed by atoms with van der Waals surface area (Å²) >= 11 is 1.39. The lowest BCUT2D eigenvalue weighted by Crippen LogP contribution is -2.46. The summed E-state index contributed by atoms with van der Waals surface area (Å²) in [5.74, 6) is -0.460. The second-order valence-electron chi connectivity index (χ2n) is 8.70. The zero-order valence-electron chi connectivity index (χ0n) is 18.8. The van der Waals surface area contributed by atoms with Crippen LogP contribution in [0.1, 0.15) is 28.1 Å². The van der Waals surface area contributed by atoms with Gasteiger partial charge < -0.3 is 25.2 Å². The third kappa shape index (κ3) is 5.13. The number of piperazine rings is 1. The highest BCUT2D eigenvalue weighted by Crippen LogP contribution is 2.30. The predicted molar refractivity (Wildman–Crippen MR) is 129 cm³/mol. The van der Waals surface area contributed by atoms with E-state index in [0.29, 0.717) is 23.7 Å². The number of urea groups is 1. The van der Waals surface area contributed by atoms with Crippen LogP contribution >= 0.6 is 11.3 Å². The average Bonchev–Trinajstić information content (AvgIpc) is 3.52. The standard InChI is InChI=1S/C24H26FN5O3S/c1-29-8-10-30(11-9-29)23(31)21-13-19-22(34-21)15(6-7-26-19)14-33-20-5-4-17(12-18(20)25)28-24(32)27-16-2-3-16/h4-7,12-13,16H,2-3,8-11,14H2,1H3,(H2,27,28,32). The summed E-state index contributed by atoms with van der Waals surface area (Å²) in [6.45, 7) is 3.27. The minimum Gasteiger partial charge on any atom is -0.486 e. The number of ether oxygens (including phenoxy) is 1. The van der Waals surface area contributed by atoms with Crippen LogP contribution in [0.5, 0.6) is 5.75 Å². The minimum absolute atomic E-state index is 0.0165. The van der Waals surface area contributed by atoms with Crippen molar-refractivity contribution in [2.45, 2.75) is 25.5 Å². The molecule has 34 heavy (non-hydrogen) atoms. The second-order valence-corrected chi connectivity index (χ2v) is 9.75. The monoisotopic (exact) mass is 483 g/mol. The highest BCUT2D eigenvalue weighted by Gasteiger charge is 2.24. The van der Waals surface area contributed by atoms with Gasteiger partial charge in [-0.1, -0.05) is 0 Å². The lowest BCUT2D eigenvalue weighted by molar-refractivity contribution is 0.0669. The Morgan fingerprint density at radius 3 is 2.71 bits per heavy atom. The number of benzene rings is 1. The van der Waals surface area contributed by atoms with Gasteiger partial charge in [0.25, 0.3) is 5.91 Å². The molecule has 1 aliphatic carbocycles. The maximum atomic E-state index is 14.6. The first-order chi connectivity index (χ1) is 16.5. The van der Waals surface area contributed by atoms with Gasteiger partial charge in [-0.05, 0) is 44.2 Å². The molecule has 0 bridgehead atoms. The molecule has 5 rings (SSSR count). The van der Waals surface area contributed by atoms with Gasteiger partial charge in [0.05, 0.1) is 15.1 Å². The van der Waals surface area contributed by atoms with Gasteiger partial charge in [-0.15, -0.1) is 11.3 Å². The van der Waals surface area contributed by atoms with E-state index in [4.69, 9.17) is 4.74 Å². The average molecular weight is 484 g/mol. The number of halogens is 1. The maximum absolute atomic E-state index is 14.6. The normalized spacial score (nSPS) is 16.5. The van der Waals surface area contributed by atoms with Crippen LogP contribution in [0.2, 0.25) is 0 Å². The van der Waals surface area contributed by atoms with E-state index >= 15 is 0 Å². The van der Waals surface area contributed by atoms with Crippen molar-refractivity contribution in [2.75, 3.05) is 38.5 Å². The first-order valence-corrected chi connectivity index (χ1v) is 12.1. The lowest BCUT2D eigenvalue weighted by atomic mass is 10.2. The van der Waals surface area contributed by atoms with Crippen LogP contribution < -0.4 is 15.4 Å². The molecular formula is C24H26FN5O3S. The van der Waals surface area contributed by atoms with E-state index < -0.39 is 5.82 Å². The van der Waals surface area contributed by atoms with Crippen LogP contribution in [0.4, 0.5) is 14.9 Å². The summed E-state index contributed by atoms with van der Waals surface area (Å²) < 4.78 is 21.2. The zero-order chi connectivity index (χ0) is 23.7. The molecule has 2 fully saturated rings. The maximum Gasteiger partial charge on any atom is 0.319 e. The van der Waals surface area contributed by atoms with Crippen molar-refractivity contribution in [1.29, 1.82) is 0 Å². The number of carbonyl (C=O) groups is 2. The SMILES string of the molecule is CN1CCN(C(=O)c2cc3nccc(COc4ccc(NC(=O)NC5CC5)cc4F)c3s2)CC1. The fourth-order valence-electron chi connectivity index (χ4n) is 3.81. The molecule has 1 saturated heterocycles. The molecule has 178 valence electrons. The highest BCUT2D eigenvalue weighted by molar-refractivity contribution is 7.21. The molecule has 0 atom stereocenters. The third-order valence-corrected chi connectivity index (χ3v) is 7.17. The summed E-state index contributed by atoms with van der Waals surface area (Å²) in [7, 11) is 2.05. The summed E-state index contributed by atoms with van der Waals surface area (Å²) in [4.78, 5) is 33.9. The Morgan fingerprint density at radius 2 is 1.97 bits per heavy atom. The Kier molecular flexibility index (Phi) is 6.34. The van der Waals surface area contributed by atoms with E-state index in [1.54, 1.807) is 12.3 Å². The van der Waals surface area contributed by atoms with Gasteiger partial charge in [-0.25, -0.2) is 9.18 Å². The van der Waals surface area contributed by atoms with Gasteiger partial charge in [0.1, 0.15) is 6.61 Å². The summed E-state index contributed by atoms with van der Waals surface area (Å²) in [5.41, 5.74) is 1.92. The number of hydrogen-bond donors (Lipinski definition) is 2. The molecule has 1 aliphatic heterocycles. The van der Waals surface area contributed by atoms with Crippen LogP contribution in [-0.4, -0.2) is 66.0 Å². The minimum atomic E-state index is -0.563. The van der Waals surface area contributed by atoms with Crippen molar-refractivity contribution in [3.8, 4) is 5.75 Å². The lowest BCUT2D eigenvalue weighted by Gasteiger charge is -2.32. The Hall–Kier alpha value is -3.24. The van der Waals surface area contributed by atoms with E-state index in [9.17, 15) is 14.0 Å². The quantitative estimate of drug-likeness (QED) is 0.559. The smallest absolute Gasteiger partial charge is 0.319 e. The van der Waals surface area contributed by atoms with E-state index in [0.717, 1.165) is 41.7 Å². The number of amides is 3. The fourth-order valence-corrected chi connectivity index (χ4v) is 4.89. The first-order valence-electron chi connectivity index (χ1n) is 11.3. The molecule has 10 heteroatoms. The van der Waals surface area contributed by atoms with Crippen LogP contribution in [0.3, 0.4) is 0 Å². The molecule has 1 saturated carbocycles. The van der Waals surface area contributed by atoms with Crippen molar-refractivity contribution in [3.05, 3.63) is 52.8 Å². The number of nitrogens with zero attached hydrogens (tertiary/aromatic N) is 3. The van der Waals surface area contributed by atoms with E-state index in [1.807, 2.05) is 17.0 Å². The number of carbonyl (C=O) groups excluding carboxylic acids is 2. The van der Waals surface area contributed by atoms with Crippen molar-refractivity contribution in [3.63, 3.8) is 0 Å². The third-order valence-electron chi connectivity index (χ3n) is 5.98. The Bertz CT molecular complexity index is 1220. The van der Waals surface area contributed by atoms with Gasteiger partial charge >= 0.3 is 6.03 Å². The molecule has 0 unspecified atom stereocenters. The fraction of sp³-hybridized carbons (Fsp3) is 0.375. The van der Waals surface area contributed by atoms with Crippen molar-refractivity contribution in [2.24, 2.45) is 0 Å². The summed E-state index contributed by atoms with van der Waals surface area (Å²) in [6, 6.07) is 7.86. The molecule has 2 aromatic heterocycles. The van der Waals surface area contributed by atoms with Crippen molar-refractivity contribution >= 4 is 39.2 Å². The molecule has 2 aliphatic rings. The van der Waals surface area contributed by atoms with Gasteiger partial charge in [-0.3, -0.25) is 9.78 Å². The number of aromatic nitrogens is 1. The number of hydrogen-bond acceptors (Lipinski definition) is 6. The molecule has 0 spiro atoms. The summed E-state index contributed by atoms with van der Waals surface area (Å²) in [6.07, 6.45) is 3.62. The number of likely N-dealkylation sites (N-methyl/N-ethyl adjacent to an activating group) is 1. The molecule has 0 radical (unpaired) electrons. The molecule has 3 aromatic rings. The molecule has 1 aromatic carbocycles. The number of anilines is 1. The number of fused-ring (bicyclic) bond motifs is 1. The van der Waals surface area contributed by atoms with Gasteiger partial charge in [0.15, 0.2) is 11.6 Å². The van der Waals surface area contributed by atoms with E-state index in [2.05, 4.69) is 27.6 Å². The van der Waals surface area contributed by atoms with Gasteiger partial charge in [-0.2, -0.15) is 0 Å². The second kappa shape index (κ2) is 9.55. The number of pyridine rings is 1. The van der Waals surface area contributed by atoms with Crippen molar-refractivity contribution < 1.29 is 18.7 Å². The van der Waals surface area contributed by atoms with Gasteiger partial charge in [0.2, 0.25) is 0 Å². The first kappa shape index (κ1) is 22.5. The van der Waals surface area contributed by atoms with E-state index in [1.165, 1.54) is 23.5 Å². The van der Waals surface area contributed by atoms with Gasteiger partial charge in [0, 0.05) is 55.7 Å². The van der Waals surface area contributed by atoms with Crippen molar-refractivity contribution in [1.82, 2.24) is 20.1 Å². The highest BCUT2D eigenvalue weighted by atomic mass is 32.1. The zero-order valence-corrected chi connectivity index (χ0v) is 19.7. The summed E-state index contributed by atoms with van der Waals surface area (Å²) in [5, 5.41) is 5.43. The number of rotatable bonds is 6. The molecule has 3 amide bonds. The molecule has 3 heterocycles. The molecule has 2 N–H and O–H groups in total. The Morgan fingerprint density at radius 1 is 1.18 bits per heavy atom. The molecule has 8 nitrogen and oxygen atoms in total. The van der Waals surface area contributed by atoms with Crippen LogP contribution in [-0.2, 0) is 6.61 Å². The van der Waals surface area contributed by atoms with Crippen LogP contribution in [0.25, 0.3) is 10.2 Å². The Balaban J connectivity index is 1.26. The Labute approximate surface area is 200 Å². The predicted octanol–water partition coefficient (Wildman–Crippen LogP) is 3.69. The van der Waals surface area contributed by atoms with Crippen LogP contribution in [0.15, 0.2) is 36.5 Å². The van der Waals surface area contributed by atoms with E-state index in [-0.39, 0.29) is 30.3 Å².